The summed E-state index contributed by atoms with van der Waals surface area (Å²) in [5.41, 5.74) is -0.00655. The summed E-state index contributed by atoms with van der Waals surface area (Å²) in [4.78, 5) is 11.8. The molecule has 2 N–H and O–H groups in total. The molecule has 0 saturated heterocycles. The minimum Gasteiger partial charge on any atom is -0.465 e. The molecule has 2 aliphatic carbocycles. The summed E-state index contributed by atoms with van der Waals surface area (Å²) in [5.74, 6) is 0.475. The normalized spacial score (nSPS) is 31.9. The Morgan fingerprint density at radius 3 is 2.80 bits per heavy atom. The van der Waals surface area contributed by atoms with E-state index in [4.69, 9.17) is 21.1 Å². The zero-order valence-electron chi connectivity index (χ0n) is 14.8. The van der Waals surface area contributed by atoms with Gasteiger partial charge < -0.3 is 19.9 Å². The Labute approximate surface area is 153 Å². The molecule has 0 heterocycles. The van der Waals surface area contributed by atoms with E-state index in [1.165, 1.54) is 0 Å². The Bertz CT molecular complexity index is 640. The molecule has 2 bridgehead atoms. The third-order valence-electron chi connectivity index (χ3n) is 6.11. The molecule has 138 valence electrons. The van der Waals surface area contributed by atoms with E-state index < -0.39 is 11.6 Å². The second-order valence-electron chi connectivity index (χ2n) is 7.25. The van der Waals surface area contributed by atoms with Gasteiger partial charge in [-0.05, 0) is 49.7 Å². The summed E-state index contributed by atoms with van der Waals surface area (Å²) < 4.78 is 11.1. The molecule has 25 heavy (non-hydrogen) atoms. The van der Waals surface area contributed by atoms with Gasteiger partial charge in [0.25, 0.3) is 0 Å². The number of carbonyl (C=O) groups is 1. The lowest BCUT2D eigenvalue weighted by Gasteiger charge is -2.51. The maximum absolute atomic E-state index is 11.8. The van der Waals surface area contributed by atoms with Gasteiger partial charge in [-0.1, -0.05) is 36.7 Å². The van der Waals surface area contributed by atoms with Crippen molar-refractivity contribution in [2.24, 2.45) is 5.92 Å². The van der Waals surface area contributed by atoms with E-state index in [0.29, 0.717) is 17.4 Å². The van der Waals surface area contributed by atoms with Crippen molar-refractivity contribution in [3.05, 3.63) is 34.9 Å². The van der Waals surface area contributed by atoms with Crippen LogP contribution in [0.1, 0.15) is 44.6 Å². The van der Waals surface area contributed by atoms with E-state index in [1.54, 1.807) is 7.11 Å². The number of amides is 1. The number of carboxylic acid groups (broad SMARTS) is 1. The quantitative estimate of drug-likeness (QED) is 0.709. The number of hydrogen-bond donors (Lipinski definition) is 2. The van der Waals surface area contributed by atoms with Gasteiger partial charge in [-0.25, -0.2) is 4.79 Å². The predicted molar refractivity (Wildman–Crippen MR) is 96.0 cm³/mol. The molecule has 0 radical (unpaired) electrons. The van der Waals surface area contributed by atoms with E-state index in [0.717, 1.165) is 31.2 Å². The Morgan fingerprint density at radius 1 is 1.44 bits per heavy atom. The number of halogens is 1. The van der Waals surface area contributed by atoms with Crippen molar-refractivity contribution in [1.82, 2.24) is 5.32 Å². The first-order chi connectivity index (χ1) is 12.0. The average Bonchev–Trinajstić information content (AvgIpc) is 3.12. The number of hydrogen-bond acceptors (Lipinski definition) is 3. The number of nitrogens with one attached hydrogen (secondary N) is 1. The third-order valence-corrected chi connectivity index (χ3v) is 6.44. The van der Waals surface area contributed by atoms with Crippen LogP contribution in [0.4, 0.5) is 4.79 Å². The average molecular weight is 368 g/mol. The SMILES string of the molecule is CCC(OCOC)[C@@]1(NC(=O)O)CC2CC[C@]1(c1ccccc1Cl)C2. The second-order valence-corrected chi connectivity index (χ2v) is 7.65. The summed E-state index contributed by atoms with van der Waals surface area (Å²) in [6.45, 7) is 2.17. The molecule has 0 aromatic heterocycles. The Morgan fingerprint density at radius 2 is 2.20 bits per heavy atom. The fraction of sp³-hybridized carbons (Fsp3) is 0.632. The molecular formula is C19H26ClNO4. The van der Waals surface area contributed by atoms with Gasteiger partial charge in [0.1, 0.15) is 6.79 Å². The molecule has 5 nitrogen and oxygen atoms in total. The van der Waals surface area contributed by atoms with Crippen LogP contribution in [0.3, 0.4) is 0 Å². The van der Waals surface area contributed by atoms with Crippen LogP contribution in [-0.2, 0) is 14.9 Å². The Balaban J connectivity index is 2.12. The van der Waals surface area contributed by atoms with E-state index >= 15 is 0 Å². The number of rotatable bonds is 7. The van der Waals surface area contributed by atoms with Crippen LogP contribution in [0.2, 0.25) is 5.02 Å². The highest BCUT2D eigenvalue weighted by Gasteiger charge is 2.66. The molecule has 1 amide bonds. The van der Waals surface area contributed by atoms with Gasteiger partial charge in [0, 0.05) is 17.5 Å². The molecule has 6 heteroatoms. The minimum atomic E-state index is -1.02. The van der Waals surface area contributed by atoms with Crippen molar-refractivity contribution in [3.8, 4) is 0 Å². The molecule has 2 fully saturated rings. The topological polar surface area (TPSA) is 67.8 Å². The van der Waals surface area contributed by atoms with Gasteiger partial charge in [0.15, 0.2) is 0 Å². The molecule has 2 unspecified atom stereocenters. The third kappa shape index (κ3) is 2.92. The van der Waals surface area contributed by atoms with Gasteiger partial charge in [0.05, 0.1) is 11.6 Å². The van der Waals surface area contributed by atoms with Crippen LogP contribution in [0.25, 0.3) is 0 Å². The van der Waals surface area contributed by atoms with E-state index in [1.807, 2.05) is 31.2 Å². The summed E-state index contributed by atoms with van der Waals surface area (Å²) in [6, 6.07) is 7.82. The molecule has 2 aliphatic rings. The second kappa shape index (κ2) is 7.14. The van der Waals surface area contributed by atoms with Crippen LogP contribution >= 0.6 is 11.6 Å². The zero-order chi connectivity index (χ0) is 18.1. The van der Waals surface area contributed by atoms with Crippen molar-refractivity contribution in [2.75, 3.05) is 13.9 Å². The maximum Gasteiger partial charge on any atom is 0.405 e. The lowest BCUT2D eigenvalue weighted by atomic mass is 9.61. The van der Waals surface area contributed by atoms with Crippen LogP contribution in [0.15, 0.2) is 24.3 Å². The van der Waals surface area contributed by atoms with Crippen molar-refractivity contribution in [3.63, 3.8) is 0 Å². The molecule has 4 atom stereocenters. The van der Waals surface area contributed by atoms with E-state index in [2.05, 4.69) is 5.32 Å². The van der Waals surface area contributed by atoms with Crippen molar-refractivity contribution in [2.45, 2.75) is 56.1 Å². The zero-order valence-corrected chi connectivity index (χ0v) is 15.5. The van der Waals surface area contributed by atoms with E-state index in [-0.39, 0.29) is 18.3 Å². The molecule has 2 saturated carbocycles. The Kier molecular flexibility index (Phi) is 5.28. The smallest absolute Gasteiger partial charge is 0.405 e. The first kappa shape index (κ1) is 18.5. The van der Waals surface area contributed by atoms with E-state index in [9.17, 15) is 9.90 Å². The molecule has 3 rings (SSSR count). The molecule has 0 aliphatic heterocycles. The highest BCUT2D eigenvalue weighted by molar-refractivity contribution is 6.31. The lowest BCUT2D eigenvalue weighted by molar-refractivity contribution is -0.118. The fourth-order valence-corrected chi connectivity index (χ4v) is 5.67. The standard InChI is InChI=1S/C19H26ClNO4/c1-3-16(25-12-24-2)19(21-17(22)23)11-13-8-9-18(19,10-13)14-6-4-5-7-15(14)20/h4-7,13,16,21H,3,8-12H2,1-2H3,(H,22,23)/t13?,16?,18-,19+/m1/s1. The Hall–Kier alpha value is -1.30. The maximum atomic E-state index is 11.8. The van der Waals surface area contributed by atoms with Gasteiger partial charge >= 0.3 is 6.09 Å². The van der Waals surface area contributed by atoms with Gasteiger partial charge in [-0.2, -0.15) is 0 Å². The summed E-state index contributed by atoms with van der Waals surface area (Å²) >= 11 is 6.57. The van der Waals surface area contributed by atoms with Crippen LogP contribution in [0, 0.1) is 5.92 Å². The number of ether oxygens (including phenoxy) is 2. The molecular weight excluding hydrogens is 342 g/mol. The number of benzene rings is 1. The van der Waals surface area contributed by atoms with Gasteiger partial charge in [-0.3, -0.25) is 0 Å². The van der Waals surface area contributed by atoms with Crippen LogP contribution in [-0.4, -0.2) is 36.7 Å². The first-order valence-corrected chi connectivity index (χ1v) is 9.23. The summed E-state index contributed by atoms with van der Waals surface area (Å²) in [5, 5.41) is 13.2. The lowest BCUT2D eigenvalue weighted by Crippen LogP contribution is -2.67. The number of methoxy groups -OCH3 is 1. The highest BCUT2D eigenvalue weighted by Crippen LogP contribution is 2.63. The fourth-order valence-electron chi connectivity index (χ4n) is 5.35. The molecule has 1 aromatic rings. The van der Waals surface area contributed by atoms with Gasteiger partial charge in [0.2, 0.25) is 0 Å². The number of fused-ring (bicyclic) bond motifs is 2. The minimum absolute atomic E-state index is 0.144. The van der Waals surface area contributed by atoms with Crippen molar-refractivity contribution >= 4 is 17.7 Å². The predicted octanol–water partition coefficient (Wildman–Crippen LogP) is 4.19. The first-order valence-electron chi connectivity index (χ1n) is 8.85. The van der Waals surface area contributed by atoms with Crippen molar-refractivity contribution < 1.29 is 19.4 Å². The largest absolute Gasteiger partial charge is 0.465 e. The summed E-state index contributed by atoms with van der Waals surface area (Å²) in [6.07, 6.45) is 3.12. The van der Waals surface area contributed by atoms with Crippen LogP contribution in [0.5, 0.6) is 0 Å². The monoisotopic (exact) mass is 367 g/mol. The highest BCUT2D eigenvalue weighted by atomic mass is 35.5. The van der Waals surface area contributed by atoms with Crippen LogP contribution < -0.4 is 5.32 Å². The molecule has 1 aromatic carbocycles. The molecule has 0 spiro atoms. The van der Waals surface area contributed by atoms with Gasteiger partial charge in [-0.15, -0.1) is 0 Å². The summed E-state index contributed by atoms with van der Waals surface area (Å²) in [7, 11) is 1.58. The van der Waals surface area contributed by atoms with Crippen molar-refractivity contribution in [1.29, 1.82) is 0 Å².